The fourth-order valence-corrected chi connectivity index (χ4v) is 8.33. The van der Waals surface area contributed by atoms with E-state index in [2.05, 4.69) is 145 Å². The van der Waals surface area contributed by atoms with Gasteiger partial charge in [-0.15, -0.1) is 11.3 Å². The van der Waals surface area contributed by atoms with Crippen LogP contribution in [0.25, 0.3) is 64.4 Å². The van der Waals surface area contributed by atoms with Gasteiger partial charge in [-0.3, -0.25) is 0 Å². The Morgan fingerprint density at radius 1 is 0.520 bits per heavy atom. The summed E-state index contributed by atoms with van der Waals surface area (Å²) in [6.45, 7) is 0. The van der Waals surface area contributed by atoms with Gasteiger partial charge in [0.25, 0.3) is 0 Å². The van der Waals surface area contributed by atoms with E-state index in [-0.39, 0.29) is 6.17 Å². The molecule has 0 spiro atoms. The first-order valence-electron chi connectivity index (χ1n) is 16.8. The molecule has 1 N–H and O–H groups in total. The minimum atomic E-state index is -0.324. The lowest BCUT2D eigenvalue weighted by atomic mass is 10.00. The lowest BCUT2D eigenvalue weighted by molar-refractivity contribution is 0.663. The first-order chi connectivity index (χ1) is 24.8. The summed E-state index contributed by atoms with van der Waals surface area (Å²) in [6.07, 6.45) is -0.324. The van der Waals surface area contributed by atoms with E-state index in [9.17, 15) is 0 Å². The summed E-state index contributed by atoms with van der Waals surface area (Å²) in [5.74, 6) is 1.42. The lowest BCUT2D eigenvalue weighted by Crippen LogP contribution is -2.33. The summed E-state index contributed by atoms with van der Waals surface area (Å²) in [5.41, 5.74) is 9.32. The molecule has 0 aliphatic carbocycles. The van der Waals surface area contributed by atoms with Gasteiger partial charge in [-0.25, -0.2) is 9.98 Å². The maximum absolute atomic E-state index is 6.64. The molecule has 2 aromatic heterocycles. The van der Waals surface area contributed by atoms with Gasteiger partial charge >= 0.3 is 0 Å². The number of fused-ring (bicyclic) bond motifs is 6. The summed E-state index contributed by atoms with van der Waals surface area (Å²) < 4.78 is 9.25. The molecule has 0 saturated heterocycles. The second-order valence-corrected chi connectivity index (χ2v) is 13.6. The molecular formula is C45H29N3OS. The minimum absolute atomic E-state index is 0.324. The number of hydrogen-bond acceptors (Lipinski definition) is 5. The Labute approximate surface area is 292 Å². The molecule has 1 aliphatic rings. The monoisotopic (exact) mass is 659 g/mol. The molecule has 7 aromatic carbocycles. The third-order valence-corrected chi connectivity index (χ3v) is 10.8. The number of rotatable bonds is 5. The maximum atomic E-state index is 6.64. The molecule has 0 radical (unpaired) electrons. The number of nitrogens with one attached hydrogen (secondary N) is 1. The molecule has 3 heterocycles. The topological polar surface area (TPSA) is 49.9 Å². The van der Waals surface area contributed by atoms with E-state index < -0.39 is 0 Å². The van der Waals surface area contributed by atoms with Crippen molar-refractivity contribution in [1.82, 2.24) is 5.32 Å². The van der Waals surface area contributed by atoms with Crippen molar-refractivity contribution >= 4 is 65.1 Å². The lowest BCUT2D eigenvalue weighted by Gasteiger charge is -2.24. The predicted octanol–water partition coefficient (Wildman–Crippen LogP) is 11.8. The van der Waals surface area contributed by atoms with Crippen LogP contribution < -0.4 is 5.32 Å². The van der Waals surface area contributed by atoms with E-state index >= 15 is 0 Å². The Kier molecular flexibility index (Phi) is 6.71. The van der Waals surface area contributed by atoms with Crippen molar-refractivity contribution < 1.29 is 4.42 Å². The van der Waals surface area contributed by atoms with Crippen molar-refractivity contribution in [2.75, 3.05) is 0 Å². The second kappa shape index (κ2) is 11.7. The fraction of sp³-hybridized carbons (Fsp3) is 0.0222. The number of amidine groups is 2. The van der Waals surface area contributed by atoms with Crippen LogP contribution in [0, 0.1) is 0 Å². The highest BCUT2D eigenvalue weighted by atomic mass is 32.1. The number of nitrogens with zero attached hydrogens (tertiary/aromatic N) is 2. The van der Waals surface area contributed by atoms with Crippen molar-refractivity contribution in [3.63, 3.8) is 0 Å². The van der Waals surface area contributed by atoms with Crippen molar-refractivity contribution in [3.8, 4) is 22.3 Å². The molecule has 1 aliphatic heterocycles. The van der Waals surface area contributed by atoms with Crippen LogP contribution in [0.15, 0.2) is 178 Å². The molecule has 0 fully saturated rings. The van der Waals surface area contributed by atoms with Gasteiger partial charge in [0.1, 0.15) is 23.2 Å². The van der Waals surface area contributed by atoms with Gasteiger partial charge in [-0.2, -0.15) is 0 Å². The normalized spacial score (nSPS) is 14.6. The van der Waals surface area contributed by atoms with Gasteiger partial charge in [0, 0.05) is 36.5 Å². The van der Waals surface area contributed by atoms with E-state index in [1.165, 1.54) is 42.4 Å². The standard InChI is InChI=1S/C45H29N3OS/c1-3-11-28(12-4-1)29-21-23-31(24-22-29)44-46-43(30-13-5-2-6-14-30)47-45(48-44)37-19-10-17-35-38-27-32(25-26-39(38)49-41(35)37)33-16-9-18-36-34-15-7-8-20-40(34)50-42(33)36/h1-27,44H,(H,46,47,48). The molecule has 1 unspecified atom stereocenters. The zero-order valence-electron chi connectivity index (χ0n) is 26.9. The highest BCUT2D eigenvalue weighted by molar-refractivity contribution is 7.26. The smallest absolute Gasteiger partial charge is 0.163 e. The molecule has 4 nitrogen and oxygen atoms in total. The van der Waals surface area contributed by atoms with Crippen LogP contribution in [-0.2, 0) is 0 Å². The van der Waals surface area contributed by atoms with Crippen LogP contribution in [-0.4, -0.2) is 11.7 Å². The molecule has 0 bridgehead atoms. The first kappa shape index (κ1) is 28.7. The molecule has 9 aromatic rings. The fourth-order valence-electron chi connectivity index (χ4n) is 7.09. The summed E-state index contributed by atoms with van der Waals surface area (Å²) in [6, 6.07) is 57.4. The van der Waals surface area contributed by atoms with E-state index in [1.54, 1.807) is 0 Å². The number of aliphatic imine (C=N–C) groups is 2. The summed E-state index contributed by atoms with van der Waals surface area (Å²) in [7, 11) is 0. The van der Waals surface area contributed by atoms with Crippen LogP contribution in [0.3, 0.4) is 0 Å². The number of hydrogen-bond donors (Lipinski definition) is 1. The van der Waals surface area contributed by atoms with Crippen LogP contribution in [0.5, 0.6) is 0 Å². The number of para-hydroxylation sites is 1. The largest absolute Gasteiger partial charge is 0.455 e. The quantitative estimate of drug-likeness (QED) is 0.200. The Bertz CT molecular complexity index is 2780. The summed E-state index contributed by atoms with van der Waals surface area (Å²) >= 11 is 1.85. The van der Waals surface area contributed by atoms with E-state index in [0.717, 1.165) is 44.5 Å². The SMILES string of the molecule is c1ccc(C2=NC(c3cccc4c3oc3ccc(-c5cccc6c5sc5ccccc56)cc34)=NC(c3ccc(-c4ccccc4)cc3)N2)cc1. The Morgan fingerprint density at radius 3 is 2.00 bits per heavy atom. The van der Waals surface area contributed by atoms with E-state index in [4.69, 9.17) is 14.4 Å². The van der Waals surface area contributed by atoms with Gasteiger partial charge in [-0.1, -0.05) is 140 Å². The second-order valence-electron chi connectivity index (χ2n) is 12.6. The zero-order valence-corrected chi connectivity index (χ0v) is 27.7. The van der Waals surface area contributed by atoms with Gasteiger partial charge in [0.15, 0.2) is 5.84 Å². The van der Waals surface area contributed by atoms with Crippen LogP contribution in [0.4, 0.5) is 0 Å². The third-order valence-electron chi connectivity index (χ3n) is 9.58. The van der Waals surface area contributed by atoms with Crippen molar-refractivity contribution in [3.05, 3.63) is 180 Å². The Balaban J connectivity index is 1.09. The predicted molar refractivity (Wildman–Crippen MR) is 209 cm³/mol. The molecular weight excluding hydrogens is 631 g/mol. The van der Waals surface area contributed by atoms with Crippen molar-refractivity contribution in [1.29, 1.82) is 0 Å². The summed E-state index contributed by atoms with van der Waals surface area (Å²) in [4.78, 5) is 10.3. The zero-order chi connectivity index (χ0) is 33.0. The molecule has 1 atom stereocenters. The molecule has 0 amide bonds. The van der Waals surface area contributed by atoms with Crippen LogP contribution in [0.2, 0.25) is 0 Å². The van der Waals surface area contributed by atoms with Crippen molar-refractivity contribution in [2.24, 2.45) is 9.98 Å². The van der Waals surface area contributed by atoms with Gasteiger partial charge in [-0.05, 0) is 52.1 Å². The third kappa shape index (κ3) is 4.82. The highest BCUT2D eigenvalue weighted by Gasteiger charge is 2.24. The molecule has 10 rings (SSSR count). The van der Waals surface area contributed by atoms with Gasteiger partial charge < -0.3 is 9.73 Å². The molecule has 5 heteroatoms. The van der Waals surface area contributed by atoms with Gasteiger partial charge in [0.2, 0.25) is 0 Å². The van der Waals surface area contributed by atoms with Crippen LogP contribution in [0.1, 0.15) is 22.9 Å². The van der Waals surface area contributed by atoms with Gasteiger partial charge in [0.05, 0.1) is 5.56 Å². The average molecular weight is 660 g/mol. The average Bonchev–Trinajstić information content (AvgIpc) is 3.77. The number of furan rings is 1. The molecule has 236 valence electrons. The van der Waals surface area contributed by atoms with Crippen molar-refractivity contribution in [2.45, 2.75) is 6.17 Å². The Hall–Kier alpha value is -6.30. The number of benzene rings is 7. The first-order valence-corrected chi connectivity index (χ1v) is 17.6. The van der Waals surface area contributed by atoms with Crippen LogP contribution >= 0.6 is 11.3 Å². The summed E-state index contributed by atoms with van der Waals surface area (Å²) in [5, 5.41) is 8.32. The number of thiophene rings is 1. The van der Waals surface area contributed by atoms with E-state index in [1.807, 2.05) is 35.6 Å². The minimum Gasteiger partial charge on any atom is -0.455 e. The highest BCUT2D eigenvalue weighted by Crippen LogP contribution is 2.42. The maximum Gasteiger partial charge on any atom is 0.163 e. The van der Waals surface area contributed by atoms with E-state index in [0.29, 0.717) is 5.84 Å². The molecule has 0 saturated carbocycles. The Morgan fingerprint density at radius 2 is 1.18 bits per heavy atom. The molecule has 50 heavy (non-hydrogen) atoms.